The van der Waals surface area contributed by atoms with E-state index in [1.54, 1.807) is 0 Å². The molecule has 1 atom stereocenters. The molecule has 0 fully saturated rings. The van der Waals surface area contributed by atoms with E-state index >= 15 is 0 Å². The SMILES string of the molecule is CCc1nnc(NCC(Cl)C(C)C)nc1CC. The van der Waals surface area contributed by atoms with Gasteiger partial charge in [-0.05, 0) is 18.8 Å². The van der Waals surface area contributed by atoms with Crippen molar-refractivity contribution in [1.29, 1.82) is 0 Å². The average molecular weight is 257 g/mol. The van der Waals surface area contributed by atoms with Crippen molar-refractivity contribution in [3.8, 4) is 0 Å². The first kappa shape index (κ1) is 14.2. The average Bonchev–Trinajstić information content (AvgIpc) is 2.35. The minimum atomic E-state index is 0.0783. The summed E-state index contributed by atoms with van der Waals surface area (Å²) in [5, 5.41) is 11.4. The topological polar surface area (TPSA) is 50.7 Å². The number of nitrogens with one attached hydrogen (secondary N) is 1. The number of nitrogens with zero attached hydrogens (tertiary/aromatic N) is 3. The summed E-state index contributed by atoms with van der Waals surface area (Å²) >= 11 is 6.16. The van der Waals surface area contributed by atoms with Gasteiger partial charge in [-0.15, -0.1) is 16.7 Å². The van der Waals surface area contributed by atoms with Gasteiger partial charge in [-0.1, -0.05) is 27.7 Å². The van der Waals surface area contributed by atoms with Gasteiger partial charge in [0.05, 0.1) is 16.8 Å². The highest BCUT2D eigenvalue weighted by Gasteiger charge is 2.11. The van der Waals surface area contributed by atoms with Gasteiger partial charge in [-0.3, -0.25) is 0 Å². The third-order valence-electron chi connectivity index (χ3n) is 2.69. The van der Waals surface area contributed by atoms with Gasteiger partial charge in [-0.25, -0.2) is 4.98 Å². The summed E-state index contributed by atoms with van der Waals surface area (Å²) in [6.07, 6.45) is 1.75. The van der Waals surface area contributed by atoms with Crippen molar-refractivity contribution in [2.24, 2.45) is 5.92 Å². The van der Waals surface area contributed by atoms with E-state index in [4.69, 9.17) is 11.6 Å². The molecule has 0 aliphatic rings. The second-order valence-corrected chi connectivity index (χ2v) is 4.94. The highest BCUT2D eigenvalue weighted by molar-refractivity contribution is 6.21. The fourth-order valence-electron chi connectivity index (χ4n) is 1.44. The lowest BCUT2D eigenvalue weighted by Crippen LogP contribution is -2.21. The summed E-state index contributed by atoms with van der Waals surface area (Å²) in [5.41, 5.74) is 1.99. The molecule has 5 heteroatoms. The van der Waals surface area contributed by atoms with Crippen molar-refractivity contribution >= 4 is 17.5 Å². The summed E-state index contributed by atoms with van der Waals surface area (Å²) in [6.45, 7) is 8.98. The van der Waals surface area contributed by atoms with E-state index in [0.29, 0.717) is 18.4 Å². The standard InChI is InChI=1S/C12H21ClN4/c1-5-10-11(6-2)16-17-12(15-10)14-7-9(13)8(3)4/h8-9H,5-7H2,1-4H3,(H,14,15,17). The minimum Gasteiger partial charge on any atom is -0.351 e. The Morgan fingerprint density at radius 1 is 1.12 bits per heavy atom. The largest absolute Gasteiger partial charge is 0.351 e. The molecule has 1 unspecified atom stereocenters. The molecule has 0 spiro atoms. The van der Waals surface area contributed by atoms with Crippen LogP contribution in [0, 0.1) is 5.92 Å². The van der Waals surface area contributed by atoms with Gasteiger partial charge in [0.15, 0.2) is 0 Å². The van der Waals surface area contributed by atoms with Crippen LogP contribution < -0.4 is 5.32 Å². The quantitative estimate of drug-likeness (QED) is 0.795. The fourth-order valence-corrected chi connectivity index (χ4v) is 1.51. The molecule has 1 rings (SSSR count). The number of alkyl halides is 1. The molecule has 0 aliphatic heterocycles. The molecule has 0 amide bonds. The van der Waals surface area contributed by atoms with E-state index in [0.717, 1.165) is 24.2 Å². The van der Waals surface area contributed by atoms with Crippen LogP contribution in [0.4, 0.5) is 5.95 Å². The molecule has 1 aromatic heterocycles. The van der Waals surface area contributed by atoms with Gasteiger partial charge >= 0.3 is 0 Å². The molecule has 1 heterocycles. The summed E-state index contributed by atoms with van der Waals surface area (Å²) in [4.78, 5) is 4.45. The predicted molar refractivity (Wildman–Crippen MR) is 71.6 cm³/mol. The third-order valence-corrected chi connectivity index (χ3v) is 3.35. The van der Waals surface area contributed by atoms with Crippen molar-refractivity contribution in [3.05, 3.63) is 11.4 Å². The van der Waals surface area contributed by atoms with Crippen LogP contribution in [-0.2, 0) is 12.8 Å². The van der Waals surface area contributed by atoms with E-state index in [-0.39, 0.29) is 5.38 Å². The number of anilines is 1. The molecule has 1 N–H and O–H groups in total. The van der Waals surface area contributed by atoms with Gasteiger partial charge in [0, 0.05) is 6.54 Å². The van der Waals surface area contributed by atoms with Gasteiger partial charge in [0.2, 0.25) is 5.95 Å². The third kappa shape index (κ3) is 4.11. The van der Waals surface area contributed by atoms with Crippen molar-refractivity contribution in [2.45, 2.75) is 45.9 Å². The van der Waals surface area contributed by atoms with Crippen LogP contribution in [-0.4, -0.2) is 27.1 Å². The monoisotopic (exact) mass is 256 g/mol. The number of halogens is 1. The lowest BCUT2D eigenvalue weighted by atomic mass is 10.1. The predicted octanol–water partition coefficient (Wildman–Crippen LogP) is 2.67. The van der Waals surface area contributed by atoms with Gasteiger partial charge in [-0.2, -0.15) is 5.10 Å². The molecule has 0 aromatic carbocycles. The Labute approximate surface area is 108 Å². The molecule has 4 nitrogen and oxygen atoms in total. The Kier molecular flexibility index (Phi) is 5.62. The number of hydrogen-bond donors (Lipinski definition) is 1. The van der Waals surface area contributed by atoms with Crippen molar-refractivity contribution in [3.63, 3.8) is 0 Å². The van der Waals surface area contributed by atoms with Crippen LogP contribution in [0.5, 0.6) is 0 Å². The van der Waals surface area contributed by atoms with E-state index in [9.17, 15) is 0 Å². The lowest BCUT2D eigenvalue weighted by Gasteiger charge is -2.14. The molecule has 17 heavy (non-hydrogen) atoms. The number of rotatable bonds is 6. The maximum Gasteiger partial charge on any atom is 0.243 e. The normalized spacial score (nSPS) is 12.8. The Morgan fingerprint density at radius 3 is 2.29 bits per heavy atom. The van der Waals surface area contributed by atoms with E-state index in [2.05, 4.69) is 48.2 Å². The van der Waals surface area contributed by atoms with Gasteiger partial charge in [0.1, 0.15) is 0 Å². The second kappa shape index (κ2) is 6.74. The van der Waals surface area contributed by atoms with Crippen molar-refractivity contribution in [1.82, 2.24) is 15.2 Å². The van der Waals surface area contributed by atoms with Crippen molar-refractivity contribution in [2.75, 3.05) is 11.9 Å². The molecule has 0 aliphatic carbocycles. The Bertz CT molecular complexity index is 354. The Balaban J connectivity index is 2.66. The smallest absolute Gasteiger partial charge is 0.243 e. The second-order valence-electron chi connectivity index (χ2n) is 4.38. The van der Waals surface area contributed by atoms with Crippen LogP contribution in [0.2, 0.25) is 0 Å². The van der Waals surface area contributed by atoms with Crippen LogP contribution in [0.1, 0.15) is 39.1 Å². The molecule has 0 radical (unpaired) electrons. The molecule has 1 aromatic rings. The zero-order valence-electron chi connectivity index (χ0n) is 11.0. The van der Waals surface area contributed by atoms with Crippen LogP contribution in [0.15, 0.2) is 0 Å². The first-order valence-electron chi connectivity index (χ1n) is 6.18. The highest BCUT2D eigenvalue weighted by Crippen LogP contribution is 2.11. The van der Waals surface area contributed by atoms with Gasteiger partial charge in [0.25, 0.3) is 0 Å². The molecule has 0 saturated heterocycles. The first-order valence-corrected chi connectivity index (χ1v) is 6.62. The molecular weight excluding hydrogens is 236 g/mol. The zero-order chi connectivity index (χ0) is 12.8. The van der Waals surface area contributed by atoms with Gasteiger partial charge < -0.3 is 5.32 Å². The van der Waals surface area contributed by atoms with Crippen molar-refractivity contribution < 1.29 is 0 Å². The number of hydrogen-bond acceptors (Lipinski definition) is 4. The van der Waals surface area contributed by atoms with E-state index < -0.39 is 0 Å². The number of aryl methyl sites for hydroxylation is 2. The summed E-state index contributed by atoms with van der Waals surface area (Å²) in [5.74, 6) is 1.00. The maximum absolute atomic E-state index is 6.16. The molecular formula is C12H21ClN4. The lowest BCUT2D eigenvalue weighted by molar-refractivity contribution is 0.613. The highest BCUT2D eigenvalue weighted by atomic mass is 35.5. The van der Waals surface area contributed by atoms with E-state index in [1.807, 2.05) is 0 Å². The molecule has 0 saturated carbocycles. The molecule has 96 valence electrons. The summed E-state index contributed by atoms with van der Waals surface area (Å²) < 4.78 is 0. The summed E-state index contributed by atoms with van der Waals surface area (Å²) in [7, 11) is 0. The summed E-state index contributed by atoms with van der Waals surface area (Å²) in [6, 6.07) is 0. The fraction of sp³-hybridized carbons (Fsp3) is 0.750. The van der Waals surface area contributed by atoms with Crippen LogP contribution in [0.25, 0.3) is 0 Å². The first-order chi connectivity index (χ1) is 8.08. The minimum absolute atomic E-state index is 0.0783. The van der Waals surface area contributed by atoms with E-state index in [1.165, 1.54) is 0 Å². The Morgan fingerprint density at radius 2 is 1.76 bits per heavy atom. The number of aromatic nitrogens is 3. The maximum atomic E-state index is 6.16. The van der Waals surface area contributed by atoms with Crippen LogP contribution >= 0.6 is 11.6 Å². The molecule has 0 bridgehead atoms. The zero-order valence-corrected chi connectivity index (χ0v) is 11.8. The Hall–Kier alpha value is -0.900. The van der Waals surface area contributed by atoms with Crippen LogP contribution in [0.3, 0.4) is 0 Å².